The smallest absolute Gasteiger partial charge is 0.341 e. The number of hydrogen-bond acceptors (Lipinski definition) is 6. The second-order valence-electron chi connectivity index (χ2n) is 8.87. The van der Waals surface area contributed by atoms with Crippen LogP contribution in [-0.4, -0.2) is 64.6 Å². The lowest BCUT2D eigenvalue weighted by molar-refractivity contribution is -0.139. The van der Waals surface area contributed by atoms with Crippen molar-refractivity contribution < 1.29 is 29.6 Å². The maximum Gasteiger partial charge on any atom is 0.341 e. The minimum Gasteiger partial charge on any atom is -0.508 e. The lowest BCUT2D eigenvalue weighted by atomic mass is 10.0. The summed E-state index contributed by atoms with van der Waals surface area (Å²) >= 11 is 0. The molecule has 3 rings (SSSR count). The summed E-state index contributed by atoms with van der Waals surface area (Å²) in [6, 6.07) is 24.4. The third-order valence-corrected chi connectivity index (χ3v) is 6.05. The number of aromatic hydroxyl groups is 1. The molecule has 7 nitrogen and oxygen atoms in total. The molecule has 2 atom stereocenters. The molecule has 0 aliphatic rings. The summed E-state index contributed by atoms with van der Waals surface area (Å²) in [6.45, 7) is 3.10. The number of para-hydroxylation sites is 2. The van der Waals surface area contributed by atoms with Gasteiger partial charge in [0.15, 0.2) is 6.61 Å². The Morgan fingerprint density at radius 3 is 2.25 bits per heavy atom. The molecule has 3 aromatic carbocycles. The molecule has 0 fully saturated rings. The molecule has 7 heteroatoms. The molecule has 0 saturated carbocycles. The third kappa shape index (κ3) is 9.24. The zero-order chi connectivity index (χ0) is 25.8. The molecule has 0 aliphatic heterocycles. The molecule has 192 valence electrons. The van der Waals surface area contributed by atoms with Crippen molar-refractivity contribution in [3.8, 4) is 17.2 Å². The molecule has 3 aromatic rings. The van der Waals surface area contributed by atoms with Gasteiger partial charge in [0, 0.05) is 19.1 Å². The maximum atomic E-state index is 10.7. The molecule has 0 aliphatic carbocycles. The van der Waals surface area contributed by atoms with Crippen molar-refractivity contribution in [1.29, 1.82) is 0 Å². The average Bonchev–Trinajstić information content (AvgIpc) is 2.89. The summed E-state index contributed by atoms with van der Waals surface area (Å²) in [5.74, 6) is 0.526. The van der Waals surface area contributed by atoms with Gasteiger partial charge in [0.25, 0.3) is 0 Å². The highest BCUT2D eigenvalue weighted by Gasteiger charge is 2.19. The first kappa shape index (κ1) is 27.0. The van der Waals surface area contributed by atoms with Gasteiger partial charge in [-0.2, -0.15) is 0 Å². The van der Waals surface area contributed by atoms with Crippen molar-refractivity contribution in [3.63, 3.8) is 0 Å². The normalized spacial score (nSPS) is 12.8. The number of nitrogens with zero attached hydrogens (tertiary/aromatic N) is 1. The second-order valence-corrected chi connectivity index (χ2v) is 8.87. The quantitative estimate of drug-likeness (QED) is 0.292. The number of aliphatic carboxylic acids is 1. The number of rotatable bonds is 15. The van der Waals surface area contributed by atoms with E-state index in [4.69, 9.17) is 14.6 Å². The van der Waals surface area contributed by atoms with E-state index >= 15 is 0 Å². The first-order valence-corrected chi connectivity index (χ1v) is 12.2. The van der Waals surface area contributed by atoms with Gasteiger partial charge in [-0.25, -0.2) is 4.79 Å². The number of ether oxygens (including phenoxy) is 2. The van der Waals surface area contributed by atoms with Gasteiger partial charge in [-0.3, -0.25) is 4.90 Å². The number of hydrogen-bond donors (Lipinski definition) is 3. The zero-order valence-electron chi connectivity index (χ0n) is 20.6. The molecule has 0 spiro atoms. The predicted octanol–water partition coefficient (Wildman–Crippen LogP) is 4.16. The van der Waals surface area contributed by atoms with Crippen LogP contribution in [-0.2, 0) is 17.6 Å². The number of carboxylic acid groups (broad SMARTS) is 1. The summed E-state index contributed by atoms with van der Waals surface area (Å²) < 4.78 is 10.9. The molecule has 3 N–H and O–H groups in total. The summed E-state index contributed by atoms with van der Waals surface area (Å²) in [6.07, 6.45) is 1.69. The number of aryl methyl sites for hydroxylation is 1. The van der Waals surface area contributed by atoms with Gasteiger partial charge in [-0.1, -0.05) is 48.5 Å². The molecule has 0 heterocycles. The van der Waals surface area contributed by atoms with Crippen LogP contribution in [0.3, 0.4) is 0 Å². The molecular formula is C29H35NO6. The number of phenolic OH excluding ortho intramolecular Hbond substituents is 1. The van der Waals surface area contributed by atoms with E-state index in [0.717, 1.165) is 29.7 Å². The maximum absolute atomic E-state index is 10.7. The van der Waals surface area contributed by atoms with Gasteiger partial charge in [0.1, 0.15) is 30.0 Å². The van der Waals surface area contributed by atoms with Gasteiger partial charge in [-0.05, 0) is 67.6 Å². The molecule has 0 bridgehead atoms. The van der Waals surface area contributed by atoms with Crippen LogP contribution in [0.15, 0.2) is 78.9 Å². The minimum atomic E-state index is -1.01. The van der Waals surface area contributed by atoms with E-state index in [9.17, 15) is 15.0 Å². The van der Waals surface area contributed by atoms with Crippen molar-refractivity contribution in [1.82, 2.24) is 4.90 Å². The standard InChI is InChI=1S/C29H35NO6/c1-22(11-12-23-13-15-27(16-14-23)36-21-29(33)34)30(18-17-24-7-5-6-10-28(24)32)19-25(31)20-35-26-8-3-2-4-9-26/h2-10,13-16,22,25,31-32H,11-12,17-21H2,1H3,(H,33,34). The first-order valence-electron chi connectivity index (χ1n) is 12.2. The van der Waals surface area contributed by atoms with Crippen LogP contribution in [0.2, 0.25) is 0 Å². The van der Waals surface area contributed by atoms with E-state index in [-0.39, 0.29) is 25.0 Å². The van der Waals surface area contributed by atoms with E-state index in [0.29, 0.717) is 25.3 Å². The number of aliphatic hydroxyl groups excluding tert-OH is 1. The van der Waals surface area contributed by atoms with E-state index in [1.807, 2.05) is 60.7 Å². The number of aliphatic hydroxyl groups is 1. The Kier molecular flexibility index (Phi) is 10.6. The SMILES string of the molecule is CC(CCc1ccc(OCC(=O)O)cc1)N(CCc1ccccc1O)CC(O)COc1ccccc1. The van der Waals surface area contributed by atoms with Crippen molar-refractivity contribution >= 4 is 5.97 Å². The summed E-state index contributed by atoms with van der Waals surface area (Å²) in [5.41, 5.74) is 2.00. The largest absolute Gasteiger partial charge is 0.508 e. The topological polar surface area (TPSA) is 99.5 Å². The van der Waals surface area contributed by atoms with Gasteiger partial charge in [-0.15, -0.1) is 0 Å². The number of carbonyl (C=O) groups is 1. The predicted molar refractivity (Wildman–Crippen MR) is 139 cm³/mol. The van der Waals surface area contributed by atoms with Crippen molar-refractivity contribution in [2.24, 2.45) is 0 Å². The Bertz CT molecular complexity index is 1060. The fourth-order valence-electron chi connectivity index (χ4n) is 3.97. The number of carboxylic acids is 1. The van der Waals surface area contributed by atoms with Crippen molar-refractivity contribution in [2.45, 2.75) is 38.3 Å². The van der Waals surface area contributed by atoms with E-state index in [2.05, 4.69) is 11.8 Å². The highest BCUT2D eigenvalue weighted by molar-refractivity contribution is 5.68. The Morgan fingerprint density at radius 1 is 0.889 bits per heavy atom. The van der Waals surface area contributed by atoms with Crippen molar-refractivity contribution in [2.75, 3.05) is 26.3 Å². The van der Waals surface area contributed by atoms with E-state index in [1.165, 1.54) is 0 Å². The lowest BCUT2D eigenvalue weighted by Gasteiger charge is -2.31. The zero-order valence-corrected chi connectivity index (χ0v) is 20.6. The monoisotopic (exact) mass is 493 g/mol. The highest BCUT2D eigenvalue weighted by atomic mass is 16.5. The lowest BCUT2D eigenvalue weighted by Crippen LogP contribution is -2.42. The van der Waals surface area contributed by atoms with Crippen molar-refractivity contribution in [3.05, 3.63) is 90.0 Å². The fraction of sp³-hybridized carbons (Fsp3) is 0.345. The van der Waals surface area contributed by atoms with Crippen LogP contribution < -0.4 is 9.47 Å². The first-order chi connectivity index (χ1) is 17.4. The Balaban J connectivity index is 1.57. The van der Waals surface area contributed by atoms with Crippen LogP contribution in [0.25, 0.3) is 0 Å². The van der Waals surface area contributed by atoms with Crippen LogP contribution >= 0.6 is 0 Å². The molecular weight excluding hydrogens is 458 g/mol. The fourth-order valence-corrected chi connectivity index (χ4v) is 3.97. The Hall–Kier alpha value is -3.55. The molecule has 0 radical (unpaired) electrons. The van der Waals surface area contributed by atoms with E-state index < -0.39 is 12.1 Å². The minimum absolute atomic E-state index is 0.171. The van der Waals surface area contributed by atoms with Crippen LogP contribution in [0, 0.1) is 0 Å². The van der Waals surface area contributed by atoms with Crippen LogP contribution in [0.4, 0.5) is 0 Å². The summed E-state index contributed by atoms with van der Waals surface area (Å²) in [5, 5.41) is 29.6. The van der Waals surface area contributed by atoms with Gasteiger partial charge in [0.2, 0.25) is 0 Å². The van der Waals surface area contributed by atoms with Crippen LogP contribution in [0.1, 0.15) is 24.5 Å². The summed E-state index contributed by atoms with van der Waals surface area (Å²) in [7, 11) is 0. The Labute approximate surface area is 212 Å². The Morgan fingerprint density at radius 2 is 1.56 bits per heavy atom. The molecule has 0 saturated heterocycles. The second kappa shape index (κ2) is 14.1. The molecule has 36 heavy (non-hydrogen) atoms. The summed E-state index contributed by atoms with van der Waals surface area (Å²) in [4.78, 5) is 12.9. The van der Waals surface area contributed by atoms with Gasteiger partial charge < -0.3 is 24.8 Å². The van der Waals surface area contributed by atoms with Crippen LogP contribution in [0.5, 0.6) is 17.2 Å². The van der Waals surface area contributed by atoms with E-state index in [1.54, 1.807) is 18.2 Å². The third-order valence-electron chi connectivity index (χ3n) is 6.05. The molecule has 0 amide bonds. The van der Waals surface area contributed by atoms with Gasteiger partial charge >= 0.3 is 5.97 Å². The number of phenols is 1. The number of benzene rings is 3. The average molecular weight is 494 g/mol. The highest BCUT2D eigenvalue weighted by Crippen LogP contribution is 2.19. The molecule has 0 aromatic heterocycles. The van der Waals surface area contributed by atoms with Gasteiger partial charge in [0.05, 0.1) is 0 Å². The molecule has 2 unspecified atom stereocenters.